The second kappa shape index (κ2) is 6.48. The van der Waals surface area contributed by atoms with E-state index in [0.29, 0.717) is 11.4 Å². The summed E-state index contributed by atoms with van der Waals surface area (Å²) in [6, 6.07) is 6.04. The first-order chi connectivity index (χ1) is 11.4. The van der Waals surface area contributed by atoms with Crippen LogP contribution in [0, 0.1) is 0 Å². The smallest absolute Gasteiger partial charge is 0.270 e. The number of halogens is 2. The van der Waals surface area contributed by atoms with Gasteiger partial charge in [-0.25, -0.2) is 18.5 Å². The number of benzene rings is 1. The van der Waals surface area contributed by atoms with Gasteiger partial charge in [0.2, 0.25) is 6.35 Å². The summed E-state index contributed by atoms with van der Waals surface area (Å²) < 4.78 is 34.0. The minimum atomic E-state index is -2.90. The monoisotopic (exact) mass is 333 g/mol. The summed E-state index contributed by atoms with van der Waals surface area (Å²) in [5.41, 5.74) is 1.03. The van der Waals surface area contributed by atoms with Crippen LogP contribution in [0.1, 0.15) is 18.2 Å². The van der Waals surface area contributed by atoms with E-state index < -0.39 is 12.3 Å². The Hall–Kier alpha value is -2.61. The first kappa shape index (κ1) is 16.3. The zero-order chi connectivity index (χ0) is 17.2. The van der Waals surface area contributed by atoms with Gasteiger partial charge in [-0.2, -0.15) is 0 Å². The van der Waals surface area contributed by atoms with Crippen molar-refractivity contribution in [3.8, 4) is 5.69 Å². The minimum Gasteiger partial charge on any atom is -0.337 e. The van der Waals surface area contributed by atoms with E-state index in [-0.39, 0.29) is 12.2 Å². The molecule has 2 heterocycles. The summed E-state index contributed by atoms with van der Waals surface area (Å²) in [6.07, 6.45) is 6.56. The van der Waals surface area contributed by atoms with E-state index in [1.165, 1.54) is 16.8 Å². The van der Waals surface area contributed by atoms with Crippen molar-refractivity contribution in [2.45, 2.75) is 25.8 Å². The van der Waals surface area contributed by atoms with Gasteiger partial charge in [-0.1, -0.05) is 17.3 Å². The molecule has 0 fully saturated rings. The molecule has 126 valence electrons. The standard InChI is InChI=1S/C16H17F2N5O/c1-16(17,18)12-5-3-6-14(9-12)23-10-13(20-21-23)11-24-15-19-7-4-8-22(15)2/h3-10,15H,11H2,1-2H3. The molecule has 1 aromatic carbocycles. The molecule has 1 aromatic heterocycles. The molecule has 1 aliphatic heterocycles. The minimum absolute atomic E-state index is 0.0711. The van der Waals surface area contributed by atoms with Crippen molar-refractivity contribution in [2.24, 2.45) is 4.99 Å². The Labute approximate surface area is 138 Å². The van der Waals surface area contributed by atoms with Gasteiger partial charge in [-0.15, -0.1) is 5.10 Å². The van der Waals surface area contributed by atoms with Gasteiger partial charge in [0.05, 0.1) is 18.5 Å². The summed E-state index contributed by atoms with van der Waals surface area (Å²) in [7, 11) is 1.85. The van der Waals surface area contributed by atoms with Crippen LogP contribution in [-0.4, -0.2) is 39.5 Å². The molecule has 0 amide bonds. The van der Waals surface area contributed by atoms with Crippen molar-refractivity contribution in [3.05, 3.63) is 54.0 Å². The van der Waals surface area contributed by atoms with Gasteiger partial charge in [-0.3, -0.25) is 0 Å². The number of rotatable bonds is 5. The van der Waals surface area contributed by atoms with Crippen LogP contribution in [-0.2, 0) is 17.3 Å². The molecule has 24 heavy (non-hydrogen) atoms. The maximum absolute atomic E-state index is 13.4. The first-order valence-electron chi connectivity index (χ1n) is 7.37. The lowest BCUT2D eigenvalue weighted by Gasteiger charge is -2.24. The third-order valence-electron chi connectivity index (χ3n) is 3.51. The number of hydrogen-bond donors (Lipinski definition) is 0. The number of aromatic nitrogens is 3. The summed E-state index contributed by atoms with van der Waals surface area (Å²) in [6.45, 7) is 1.08. The van der Waals surface area contributed by atoms with Gasteiger partial charge in [0.15, 0.2) is 0 Å². The van der Waals surface area contributed by atoms with Gasteiger partial charge in [0.25, 0.3) is 5.92 Å². The van der Waals surface area contributed by atoms with Gasteiger partial charge in [-0.05, 0) is 18.2 Å². The van der Waals surface area contributed by atoms with E-state index in [9.17, 15) is 8.78 Å². The summed E-state index contributed by atoms with van der Waals surface area (Å²) >= 11 is 0. The van der Waals surface area contributed by atoms with E-state index >= 15 is 0 Å². The molecule has 1 atom stereocenters. The molecule has 0 spiro atoms. The molecular formula is C16H17F2N5O. The van der Waals surface area contributed by atoms with Gasteiger partial charge in [0.1, 0.15) is 5.69 Å². The number of nitrogens with zero attached hydrogens (tertiary/aromatic N) is 5. The molecule has 1 aliphatic rings. The van der Waals surface area contributed by atoms with Gasteiger partial charge < -0.3 is 9.64 Å². The normalized spacial score (nSPS) is 17.5. The number of allylic oxidation sites excluding steroid dienone is 1. The van der Waals surface area contributed by atoms with Crippen LogP contribution in [0.4, 0.5) is 8.78 Å². The Morgan fingerprint density at radius 2 is 2.17 bits per heavy atom. The molecule has 0 saturated heterocycles. The van der Waals surface area contributed by atoms with Crippen molar-refractivity contribution in [3.63, 3.8) is 0 Å². The van der Waals surface area contributed by atoms with Crippen LogP contribution in [0.15, 0.2) is 47.7 Å². The van der Waals surface area contributed by atoms with Crippen LogP contribution in [0.3, 0.4) is 0 Å². The zero-order valence-electron chi connectivity index (χ0n) is 13.3. The van der Waals surface area contributed by atoms with Crippen LogP contribution in [0.25, 0.3) is 5.69 Å². The molecular weight excluding hydrogens is 316 g/mol. The lowest BCUT2D eigenvalue weighted by Crippen LogP contribution is -2.29. The number of hydrogen-bond acceptors (Lipinski definition) is 5. The largest absolute Gasteiger partial charge is 0.337 e. The van der Waals surface area contributed by atoms with Crippen molar-refractivity contribution in [2.75, 3.05) is 7.05 Å². The number of aliphatic imine (C=N–C) groups is 1. The first-order valence-corrected chi connectivity index (χ1v) is 7.37. The second-order valence-corrected chi connectivity index (χ2v) is 5.54. The topological polar surface area (TPSA) is 55.5 Å². The average molecular weight is 333 g/mol. The van der Waals surface area contributed by atoms with Gasteiger partial charge >= 0.3 is 0 Å². The maximum atomic E-state index is 13.4. The SMILES string of the molecule is CN1C=CC=NC1OCc1cn(-c2cccc(C(C)(F)F)c2)nn1. The Bertz CT molecular complexity index is 766. The van der Waals surface area contributed by atoms with Crippen LogP contribution in [0.2, 0.25) is 0 Å². The van der Waals surface area contributed by atoms with Crippen molar-refractivity contribution < 1.29 is 13.5 Å². The lowest BCUT2D eigenvalue weighted by atomic mass is 10.1. The predicted molar refractivity (Wildman–Crippen MR) is 84.9 cm³/mol. The summed E-state index contributed by atoms with van der Waals surface area (Å²) in [5.74, 6) is -2.90. The van der Waals surface area contributed by atoms with E-state index in [2.05, 4.69) is 15.3 Å². The fourth-order valence-electron chi connectivity index (χ4n) is 2.21. The highest BCUT2D eigenvalue weighted by Crippen LogP contribution is 2.28. The number of ether oxygens (including phenoxy) is 1. The number of alkyl halides is 2. The Morgan fingerprint density at radius 3 is 2.92 bits per heavy atom. The molecule has 0 radical (unpaired) electrons. The van der Waals surface area contributed by atoms with E-state index in [4.69, 9.17) is 4.74 Å². The Kier molecular flexibility index (Phi) is 4.39. The van der Waals surface area contributed by atoms with Crippen LogP contribution >= 0.6 is 0 Å². The van der Waals surface area contributed by atoms with Crippen LogP contribution in [0.5, 0.6) is 0 Å². The Morgan fingerprint density at radius 1 is 1.33 bits per heavy atom. The maximum Gasteiger partial charge on any atom is 0.270 e. The molecule has 0 aliphatic carbocycles. The molecule has 8 heteroatoms. The van der Waals surface area contributed by atoms with E-state index in [1.54, 1.807) is 24.5 Å². The van der Waals surface area contributed by atoms with Gasteiger partial charge in [0, 0.05) is 31.9 Å². The van der Waals surface area contributed by atoms with Crippen molar-refractivity contribution >= 4 is 6.21 Å². The molecule has 1 unspecified atom stereocenters. The summed E-state index contributed by atoms with van der Waals surface area (Å²) in [5, 5.41) is 7.97. The molecule has 0 saturated carbocycles. The van der Waals surface area contributed by atoms with E-state index in [1.807, 2.05) is 24.2 Å². The highest BCUT2D eigenvalue weighted by molar-refractivity contribution is 5.71. The summed E-state index contributed by atoms with van der Waals surface area (Å²) in [4.78, 5) is 6.00. The predicted octanol–water partition coefficient (Wildman–Crippen LogP) is 2.71. The highest BCUT2D eigenvalue weighted by atomic mass is 19.3. The molecule has 3 rings (SSSR count). The molecule has 2 aromatic rings. The third kappa shape index (κ3) is 3.65. The second-order valence-electron chi connectivity index (χ2n) is 5.54. The molecule has 0 bridgehead atoms. The van der Waals surface area contributed by atoms with E-state index in [0.717, 1.165) is 6.92 Å². The third-order valence-corrected chi connectivity index (χ3v) is 3.51. The lowest BCUT2D eigenvalue weighted by molar-refractivity contribution is -0.0322. The fourth-order valence-corrected chi connectivity index (χ4v) is 2.21. The van der Waals surface area contributed by atoms with Crippen LogP contribution < -0.4 is 0 Å². The van der Waals surface area contributed by atoms with Crippen molar-refractivity contribution in [1.82, 2.24) is 19.9 Å². The Balaban J connectivity index is 1.70. The average Bonchev–Trinajstić information content (AvgIpc) is 3.02. The highest BCUT2D eigenvalue weighted by Gasteiger charge is 2.24. The molecule has 6 nitrogen and oxygen atoms in total. The quantitative estimate of drug-likeness (QED) is 0.844. The fraction of sp³-hybridized carbons (Fsp3) is 0.312. The molecule has 0 N–H and O–H groups in total. The zero-order valence-corrected chi connectivity index (χ0v) is 13.3. The van der Waals surface area contributed by atoms with Crippen molar-refractivity contribution in [1.29, 1.82) is 0 Å².